The lowest BCUT2D eigenvalue weighted by atomic mass is 10.1. The first-order valence-corrected chi connectivity index (χ1v) is 4.88. The number of carbonyl (C=O) groups is 1. The fraction of sp³-hybridized carbons (Fsp3) is 0.889. The zero-order valence-corrected chi connectivity index (χ0v) is 8.57. The van der Waals surface area contributed by atoms with Crippen molar-refractivity contribution in [2.45, 2.75) is 6.42 Å². The van der Waals surface area contributed by atoms with Crippen LogP contribution in [0.25, 0.3) is 0 Å². The number of ether oxygens (including phenoxy) is 2. The number of likely N-dealkylation sites (tertiary alicyclic amines) is 1. The third kappa shape index (κ3) is 3.16. The number of nitrogens with two attached hydrogens (primary N) is 1. The van der Waals surface area contributed by atoms with Crippen molar-refractivity contribution in [3.05, 3.63) is 0 Å². The van der Waals surface area contributed by atoms with Crippen LogP contribution in [0, 0.1) is 5.92 Å². The summed E-state index contributed by atoms with van der Waals surface area (Å²) in [5, 5.41) is 0. The molecule has 0 aromatic heterocycles. The van der Waals surface area contributed by atoms with Crippen LogP contribution in [-0.2, 0) is 9.47 Å². The van der Waals surface area contributed by atoms with Crippen LogP contribution in [0.4, 0.5) is 4.79 Å². The molecule has 1 fully saturated rings. The lowest BCUT2D eigenvalue weighted by molar-refractivity contribution is 0.102. The molecule has 1 aliphatic rings. The second-order valence-corrected chi connectivity index (χ2v) is 3.43. The SMILES string of the molecule is COC(=O)N1CCC(COCCN)C1. The summed E-state index contributed by atoms with van der Waals surface area (Å²) >= 11 is 0. The highest BCUT2D eigenvalue weighted by atomic mass is 16.5. The molecule has 1 atom stereocenters. The molecule has 0 aliphatic carbocycles. The van der Waals surface area contributed by atoms with Gasteiger partial charge in [0, 0.05) is 25.6 Å². The summed E-state index contributed by atoms with van der Waals surface area (Å²) in [6.07, 6.45) is 0.742. The Kier molecular flexibility index (Phi) is 4.69. The first-order valence-electron chi connectivity index (χ1n) is 4.88. The normalized spacial score (nSPS) is 21.3. The van der Waals surface area contributed by atoms with Gasteiger partial charge in [0.1, 0.15) is 0 Å². The molecule has 1 unspecified atom stereocenters. The predicted octanol–water partition coefficient (Wildman–Crippen LogP) is 0.0500. The molecule has 1 aliphatic heterocycles. The molecule has 1 saturated heterocycles. The van der Waals surface area contributed by atoms with Crippen molar-refractivity contribution >= 4 is 6.09 Å². The van der Waals surface area contributed by atoms with Gasteiger partial charge in [0.05, 0.1) is 20.3 Å². The third-order valence-corrected chi connectivity index (χ3v) is 2.33. The number of rotatable bonds is 4. The summed E-state index contributed by atoms with van der Waals surface area (Å²) in [4.78, 5) is 12.8. The molecule has 5 nitrogen and oxygen atoms in total. The second-order valence-electron chi connectivity index (χ2n) is 3.43. The number of carbonyl (C=O) groups excluding carboxylic acids is 1. The Morgan fingerprint density at radius 2 is 2.43 bits per heavy atom. The maximum Gasteiger partial charge on any atom is 0.409 e. The minimum Gasteiger partial charge on any atom is -0.453 e. The molecule has 0 radical (unpaired) electrons. The monoisotopic (exact) mass is 202 g/mol. The number of amides is 1. The van der Waals surface area contributed by atoms with E-state index in [1.807, 2.05) is 0 Å². The van der Waals surface area contributed by atoms with Crippen LogP contribution in [0.3, 0.4) is 0 Å². The van der Waals surface area contributed by atoms with Gasteiger partial charge in [0.25, 0.3) is 0 Å². The molecule has 0 saturated carbocycles. The minimum absolute atomic E-state index is 0.244. The number of methoxy groups -OCH3 is 1. The van der Waals surface area contributed by atoms with Crippen LogP contribution in [0.1, 0.15) is 6.42 Å². The molecule has 82 valence electrons. The third-order valence-electron chi connectivity index (χ3n) is 2.33. The van der Waals surface area contributed by atoms with Crippen LogP contribution in [-0.4, -0.2) is 51.0 Å². The first kappa shape index (κ1) is 11.3. The molecule has 1 amide bonds. The van der Waals surface area contributed by atoms with E-state index in [4.69, 9.17) is 10.5 Å². The van der Waals surface area contributed by atoms with Gasteiger partial charge < -0.3 is 20.1 Å². The van der Waals surface area contributed by atoms with Gasteiger partial charge in [-0.3, -0.25) is 0 Å². The van der Waals surface area contributed by atoms with E-state index in [1.165, 1.54) is 7.11 Å². The van der Waals surface area contributed by atoms with Gasteiger partial charge in [0.15, 0.2) is 0 Å². The Labute approximate surface area is 84.1 Å². The molecule has 14 heavy (non-hydrogen) atoms. The summed E-state index contributed by atoms with van der Waals surface area (Å²) in [6, 6.07) is 0. The molecule has 5 heteroatoms. The summed E-state index contributed by atoms with van der Waals surface area (Å²) < 4.78 is 9.96. The summed E-state index contributed by atoms with van der Waals surface area (Å²) in [5.74, 6) is 0.431. The smallest absolute Gasteiger partial charge is 0.409 e. The average Bonchev–Trinajstić information content (AvgIpc) is 2.66. The number of nitrogens with zero attached hydrogens (tertiary/aromatic N) is 1. The Morgan fingerprint density at radius 1 is 1.64 bits per heavy atom. The molecule has 1 rings (SSSR count). The van der Waals surface area contributed by atoms with Gasteiger partial charge in [0.2, 0.25) is 0 Å². The van der Waals surface area contributed by atoms with Crippen molar-refractivity contribution < 1.29 is 14.3 Å². The Bertz CT molecular complexity index is 187. The molecular formula is C9H18N2O3. The molecule has 0 aromatic carbocycles. The van der Waals surface area contributed by atoms with Crippen molar-refractivity contribution in [1.29, 1.82) is 0 Å². The summed E-state index contributed by atoms with van der Waals surface area (Å²) in [7, 11) is 1.40. The molecular weight excluding hydrogens is 184 g/mol. The molecule has 0 spiro atoms. The molecule has 0 bridgehead atoms. The van der Waals surface area contributed by atoms with Gasteiger partial charge in [-0.25, -0.2) is 4.79 Å². The fourth-order valence-corrected chi connectivity index (χ4v) is 1.60. The quantitative estimate of drug-likeness (QED) is 0.654. The maximum atomic E-state index is 11.1. The Balaban J connectivity index is 2.17. The second kappa shape index (κ2) is 5.82. The summed E-state index contributed by atoms with van der Waals surface area (Å²) in [5.41, 5.74) is 5.30. The Morgan fingerprint density at radius 3 is 3.07 bits per heavy atom. The van der Waals surface area contributed by atoms with Crippen LogP contribution in [0.2, 0.25) is 0 Å². The van der Waals surface area contributed by atoms with E-state index in [0.29, 0.717) is 25.7 Å². The predicted molar refractivity (Wildman–Crippen MR) is 52.0 cm³/mol. The lowest BCUT2D eigenvalue weighted by Gasteiger charge is -2.14. The molecule has 1 heterocycles. The van der Waals surface area contributed by atoms with Gasteiger partial charge >= 0.3 is 6.09 Å². The summed E-state index contributed by atoms with van der Waals surface area (Å²) in [6.45, 7) is 3.33. The Hall–Kier alpha value is -0.810. The topological polar surface area (TPSA) is 64.8 Å². The zero-order chi connectivity index (χ0) is 10.4. The van der Waals surface area contributed by atoms with Gasteiger partial charge in [-0.15, -0.1) is 0 Å². The van der Waals surface area contributed by atoms with Crippen LogP contribution >= 0.6 is 0 Å². The van der Waals surface area contributed by atoms with Crippen molar-refractivity contribution in [2.24, 2.45) is 11.7 Å². The fourth-order valence-electron chi connectivity index (χ4n) is 1.60. The average molecular weight is 202 g/mol. The highest BCUT2D eigenvalue weighted by Crippen LogP contribution is 2.16. The van der Waals surface area contributed by atoms with E-state index in [-0.39, 0.29) is 6.09 Å². The lowest BCUT2D eigenvalue weighted by Crippen LogP contribution is -2.29. The molecule has 2 N–H and O–H groups in total. The highest BCUT2D eigenvalue weighted by Gasteiger charge is 2.26. The standard InChI is InChI=1S/C9H18N2O3/c1-13-9(12)11-4-2-8(6-11)7-14-5-3-10/h8H,2-7,10H2,1H3. The van der Waals surface area contributed by atoms with Gasteiger partial charge in [-0.05, 0) is 6.42 Å². The number of hydrogen-bond donors (Lipinski definition) is 1. The van der Waals surface area contributed by atoms with Gasteiger partial charge in [-0.2, -0.15) is 0 Å². The van der Waals surface area contributed by atoms with Gasteiger partial charge in [-0.1, -0.05) is 0 Å². The molecule has 0 aromatic rings. The zero-order valence-electron chi connectivity index (χ0n) is 8.57. The highest BCUT2D eigenvalue weighted by molar-refractivity contribution is 5.67. The van der Waals surface area contributed by atoms with Crippen LogP contribution in [0.15, 0.2) is 0 Å². The van der Waals surface area contributed by atoms with E-state index in [9.17, 15) is 4.79 Å². The van der Waals surface area contributed by atoms with Crippen molar-refractivity contribution in [3.63, 3.8) is 0 Å². The maximum absolute atomic E-state index is 11.1. The van der Waals surface area contributed by atoms with Crippen molar-refractivity contribution in [2.75, 3.05) is 40.0 Å². The first-order chi connectivity index (χ1) is 6.77. The van der Waals surface area contributed by atoms with E-state index in [1.54, 1.807) is 4.90 Å². The van der Waals surface area contributed by atoms with Crippen LogP contribution < -0.4 is 5.73 Å². The van der Waals surface area contributed by atoms with Crippen molar-refractivity contribution in [3.8, 4) is 0 Å². The van der Waals surface area contributed by atoms with E-state index in [0.717, 1.165) is 19.5 Å². The van der Waals surface area contributed by atoms with Crippen LogP contribution in [0.5, 0.6) is 0 Å². The van der Waals surface area contributed by atoms with E-state index < -0.39 is 0 Å². The number of hydrogen-bond acceptors (Lipinski definition) is 4. The largest absolute Gasteiger partial charge is 0.453 e. The van der Waals surface area contributed by atoms with E-state index >= 15 is 0 Å². The van der Waals surface area contributed by atoms with Crippen molar-refractivity contribution in [1.82, 2.24) is 4.90 Å². The minimum atomic E-state index is -0.244. The van der Waals surface area contributed by atoms with E-state index in [2.05, 4.69) is 4.74 Å².